The molecule has 0 atom stereocenters. The second-order valence-corrected chi connectivity index (χ2v) is 3.15. The van der Waals surface area contributed by atoms with Crippen LogP contribution in [0.15, 0.2) is 16.6 Å². The molecule has 0 amide bonds. The standard InChI is InChI=1S/C7H4BrF4N/c8-6-4(9)1-3(2-5(6)13)7(10,11)12/h1-2H,13H2. The first-order chi connectivity index (χ1) is 5.82. The summed E-state index contributed by atoms with van der Waals surface area (Å²) in [6.45, 7) is 0. The number of alkyl halides is 3. The number of benzene rings is 1. The van der Waals surface area contributed by atoms with E-state index in [0.717, 1.165) is 0 Å². The largest absolute Gasteiger partial charge is 0.416 e. The Balaban J connectivity index is 3.29. The summed E-state index contributed by atoms with van der Waals surface area (Å²) in [4.78, 5) is 0. The van der Waals surface area contributed by atoms with Crippen LogP contribution in [-0.2, 0) is 6.18 Å². The van der Waals surface area contributed by atoms with E-state index >= 15 is 0 Å². The van der Waals surface area contributed by atoms with Gasteiger partial charge in [0.2, 0.25) is 0 Å². The number of anilines is 1. The molecule has 0 saturated carbocycles. The quantitative estimate of drug-likeness (QED) is 0.561. The molecule has 1 nitrogen and oxygen atoms in total. The van der Waals surface area contributed by atoms with Crippen molar-refractivity contribution in [2.45, 2.75) is 6.18 Å². The first kappa shape index (κ1) is 10.3. The van der Waals surface area contributed by atoms with E-state index in [1.165, 1.54) is 0 Å². The summed E-state index contributed by atoms with van der Waals surface area (Å²) in [6.07, 6.45) is -4.57. The minimum atomic E-state index is -4.57. The Morgan fingerprint density at radius 3 is 2.15 bits per heavy atom. The smallest absolute Gasteiger partial charge is 0.398 e. The Kier molecular flexibility index (Phi) is 2.51. The normalized spacial score (nSPS) is 11.8. The summed E-state index contributed by atoms with van der Waals surface area (Å²) in [5.41, 5.74) is 3.77. The number of nitrogens with two attached hydrogens (primary N) is 1. The van der Waals surface area contributed by atoms with Gasteiger partial charge in [0.25, 0.3) is 0 Å². The molecule has 6 heteroatoms. The van der Waals surface area contributed by atoms with Gasteiger partial charge in [-0.2, -0.15) is 13.2 Å². The zero-order valence-electron chi connectivity index (χ0n) is 6.12. The molecule has 0 unspecified atom stereocenters. The number of rotatable bonds is 0. The van der Waals surface area contributed by atoms with E-state index in [1.54, 1.807) is 0 Å². The van der Waals surface area contributed by atoms with Crippen molar-refractivity contribution in [1.29, 1.82) is 0 Å². The Labute approximate surface area is 79.7 Å². The van der Waals surface area contributed by atoms with Gasteiger partial charge >= 0.3 is 6.18 Å². The van der Waals surface area contributed by atoms with Gasteiger partial charge in [-0.15, -0.1) is 0 Å². The molecule has 0 fully saturated rings. The predicted molar refractivity (Wildman–Crippen MR) is 43.5 cm³/mol. The fraction of sp³-hybridized carbons (Fsp3) is 0.143. The van der Waals surface area contributed by atoms with Crippen LogP contribution in [0.3, 0.4) is 0 Å². The molecule has 1 aromatic rings. The Morgan fingerprint density at radius 1 is 1.23 bits per heavy atom. The van der Waals surface area contributed by atoms with Crippen LogP contribution in [0, 0.1) is 5.82 Å². The van der Waals surface area contributed by atoms with Gasteiger partial charge in [0, 0.05) is 5.69 Å². The van der Waals surface area contributed by atoms with Crippen molar-refractivity contribution >= 4 is 21.6 Å². The van der Waals surface area contributed by atoms with Gasteiger partial charge in [0.1, 0.15) is 5.82 Å². The summed E-state index contributed by atoms with van der Waals surface area (Å²) < 4.78 is 48.7. The highest BCUT2D eigenvalue weighted by Crippen LogP contribution is 2.34. The second kappa shape index (κ2) is 3.17. The fourth-order valence-electron chi connectivity index (χ4n) is 0.774. The lowest BCUT2D eigenvalue weighted by Gasteiger charge is -2.08. The third-order valence-electron chi connectivity index (χ3n) is 1.38. The van der Waals surface area contributed by atoms with Gasteiger partial charge in [-0.05, 0) is 28.1 Å². The summed E-state index contributed by atoms with van der Waals surface area (Å²) in [5, 5.41) is 0. The molecule has 0 aliphatic carbocycles. The number of halogens is 5. The molecular weight excluding hydrogens is 254 g/mol. The lowest BCUT2D eigenvalue weighted by atomic mass is 10.2. The Hall–Kier alpha value is -0.780. The molecule has 13 heavy (non-hydrogen) atoms. The van der Waals surface area contributed by atoms with Crippen molar-refractivity contribution in [1.82, 2.24) is 0 Å². The predicted octanol–water partition coefficient (Wildman–Crippen LogP) is 3.19. The number of hydrogen-bond acceptors (Lipinski definition) is 1. The molecule has 0 spiro atoms. The Morgan fingerprint density at radius 2 is 1.77 bits per heavy atom. The van der Waals surface area contributed by atoms with E-state index in [4.69, 9.17) is 5.73 Å². The summed E-state index contributed by atoms with van der Waals surface area (Å²) in [5.74, 6) is -1.02. The zero-order valence-corrected chi connectivity index (χ0v) is 7.71. The molecule has 2 N–H and O–H groups in total. The van der Waals surface area contributed by atoms with Gasteiger partial charge in [-0.3, -0.25) is 0 Å². The second-order valence-electron chi connectivity index (χ2n) is 2.36. The molecule has 0 heterocycles. The monoisotopic (exact) mass is 257 g/mol. The number of nitrogen functional groups attached to an aromatic ring is 1. The van der Waals surface area contributed by atoms with Crippen LogP contribution < -0.4 is 5.73 Å². The maximum absolute atomic E-state index is 12.7. The maximum Gasteiger partial charge on any atom is 0.416 e. The molecular formula is C7H4BrF4N. The summed E-state index contributed by atoms with van der Waals surface area (Å²) >= 11 is 2.71. The zero-order chi connectivity index (χ0) is 10.2. The van der Waals surface area contributed by atoms with Crippen molar-refractivity contribution in [2.75, 3.05) is 5.73 Å². The highest BCUT2D eigenvalue weighted by molar-refractivity contribution is 9.10. The van der Waals surface area contributed by atoms with Gasteiger partial charge < -0.3 is 5.73 Å². The van der Waals surface area contributed by atoms with Gasteiger partial charge in [-0.1, -0.05) is 0 Å². The molecule has 0 radical (unpaired) electrons. The minimum absolute atomic E-state index is 0.152. The first-order valence-corrected chi connectivity index (χ1v) is 3.93. The van der Waals surface area contributed by atoms with Gasteiger partial charge in [-0.25, -0.2) is 4.39 Å². The van der Waals surface area contributed by atoms with E-state index in [-0.39, 0.29) is 10.2 Å². The lowest BCUT2D eigenvalue weighted by Crippen LogP contribution is -2.06. The highest BCUT2D eigenvalue weighted by Gasteiger charge is 2.31. The molecule has 0 aromatic heterocycles. The van der Waals surface area contributed by atoms with E-state index in [0.29, 0.717) is 12.1 Å². The molecule has 0 saturated heterocycles. The van der Waals surface area contributed by atoms with Crippen LogP contribution >= 0.6 is 15.9 Å². The van der Waals surface area contributed by atoms with Crippen LogP contribution in [0.2, 0.25) is 0 Å². The van der Waals surface area contributed by atoms with Gasteiger partial charge in [0.15, 0.2) is 0 Å². The molecule has 0 bridgehead atoms. The molecule has 0 aliphatic heterocycles. The molecule has 1 rings (SSSR count). The lowest BCUT2D eigenvalue weighted by molar-refractivity contribution is -0.137. The number of hydrogen-bond donors (Lipinski definition) is 1. The van der Waals surface area contributed by atoms with Crippen molar-refractivity contribution in [2.24, 2.45) is 0 Å². The van der Waals surface area contributed by atoms with E-state index in [1.807, 2.05) is 0 Å². The van der Waals surface area contributed by atoms with Crippen molar-refractivity contribution in [3.05, 3.63) is 28.0 Å². The molecule has 1 aromatic carbocycles. The minimum Gasteiger partial charge on any atom is -0.398 e. The van der Waals surface area contributed by atoms with Crippen LogP contribution in [0.5, 0.6) is 0 Å². The summed E-state index contributed by atoms with van der Waals surface area (Å²) in [7, 11) is 0. The van der Waals surface area contributed by atoms with Crippen molar-refractivity contribution in [3.8, 4) is 0 Å². The topological polar surface area (TPSA) is 26.0 Å². The van der Waals surface area contributed by atoms with Crippen LogP contribution in [0.4, 0.5) is 23.2 Å². The van der Waals surface area contributed by atoms with Crippen LogP contribution in [0.1, 0.15) is 5.56 Å². The third kappa shape index (κ3) is 2.12. The average Bonchev–Trinajstić information content (AvgIpc) is 1.97. The third-order valence-corrected chi connectivity index (χ3v) is 2.22. The molecule has 72 valence electrons. The average molecular weight is 258 g/mol. The van der Waals surface area contributed by atoms with E-state index in [9.17, 15) is 17.6 Å². The SMILES string of the molecule is Nc1cc(C(F)(F)F)cc(F)c1Br. The Bertz CT molecular complexity index is 311. The van der Waals surface area contributed by atoms with E-state index < -0.39 is 17.6 Å². The fourth-order valence-corrected chi connectivity index (χ4v) is 1.00. The maximum atomic E-state index is 12.7. The van der Waals surface area contributed by atoms with Crippen LogP contribution in [0.25, 0.3) is 0 Å². The first-order valence-electron chi connectivity index (χ1n) is 3.14. The summed E-state index contributed by atoms with van der Waals surface area (Å²) in [6, 6.07) is 1.06. The molecule has 0 aliphatic rings. The highest BCUT2D eigenvalue weighted by atomic mass is 79.9. The van der Waals surface area contributed by atoms with Gasteiger partial charge in [0.05, 0.1) is 10.0 Å². The van der Waals surface area contributed by atoms with Crippen molar-refractivity contribution < 1.29 is 17.6 Å². The van der Waals surface area contributed by atoms with E-state index in [2.05, 4.69) is 15.9 Å². The van der Waals surface area contributed by atoms with Crippen molar-refractivity contribution in [3.63, 3.8) is 0 Å². The van der Waals surface area contributed by atoms with Crippen LogP contribution in [-0.4, -0.2) is 0 Å².